The van der Waals surface area contributed by atoms with Crippen LogP contribution in [0.25, 0.3) is 10.9 Å². The Kier molecular flexibility index (Phi) is 3.96. The van der Waals surface area contributed by atoms with Crippen molar-refractivity contribution in [3.05, 3.63) is 65.9 Å². The fraction of sp³-hybridized carbons (Fsp3) is 0.286. The molecule has 0 bridgehead atoms. The number of carbonyl (C=O) groups is 1. The number of rotatable bonds is 2. The summed E-state index contributed by atoms with van der Waals surface area (Å²) in [6, 6.07) is 16.7. The number of aromatic nitrogens is 1. The maximum Gasteiger partial charge on any atom is 0.256 e. The van der Waals surface area contributed by atoms with Gasteiger partial charge in [0, 0.05) is 56.0 Å². The number of para-hydroxylation sites is 1. The lowest BCUT2D eigenvalue weighted by Gasteiger charge is -2.36. The number of carbonyl (C=O) groups excluding carboxylic acids is 1. The van der Waals surface area contributed by atoms with Gasteiger partial charge in [-0.05, 0) is 30.7 Å². The quantitative estimate of drug-likeness (QED) is 0.719. The Balaban J connectivity index is 1.51. The molecule has 2 heterocycles. The monoisotopic (exact) mass is 333 g/mol. The van der Waals surface area contributed by atoms with Crippen LogP contribution in [0.3, 0.4) is 0 Å². The van der Waals surface area contributed by atoms with E-state index in [0.29, 0.717) is 0 Å². The second kappa shape index (κ2) is 6.28. The van der Waals surface area contributed by atoms with Crippen LogP contribution in [0.15, 0.2) is 54.7 Å². The second-order valence-corrected chi connectivity index (χ2v) is 6.79. The van der Waals surface area contributed by atoms with Gasteiger partial charge in [-0.1, -0.05) is 30.3 Å². The number of benzene rings is 2. The summed E-state index contributed by atoms with van der Waals surface area (Å²) in [6.07, 6.45) is 1.96. The Labute approximate surface area is 148 Å². The Bertz CT molecular complexity index is 920. The zero-order chi connectivity index (χ0) is 17.4. The van der Waals surface area contributed by atoms with Crippen LogP contribution in [-0.2, 0) is 7.05 Å². The van der Waals surface area contributed by atoms with E-state index in [4.69, 9.17) is 0 Å². The van der Waals surface area contributed by atoms with Crippen LogP contribution < -0.4 is 4.90 Å². The van der Waals surface area contributed by atoms with Crippen molar-refractivity contribution in [2.24, 2.45) is 7.05 Å². The average Bonchev–Trinajstić information content (AvgIpc) is 2.98. The summed E-state index contributed by atoms with van der Waals surface area (Å²) < 4.78 is 2.03. The highest BCUT2D eigenvalue weighted by molar-refractivity contribution is 6.07. The van der Waals surface area contributed by atoms with E-state index >= 15 is 0 Å². The van der Waals surface area contributed by atoms with Gasteiger partial charge in [-0.3, -0.25) is 4.79 Å². The minimum Gasteiger partial charge on any atom is -0.368 e. The van der Waals surface area contributed by atoms with Crippen LogP contribution in [0.1, 0.15) is 15.9 Å². The molecule has 4 rings (SSSR count). The normalized spacial score (nSPS) is 15.0. The first kappa shape index (κ1) is 15.8. The molecule has 1 aliphatic heterocycles. The van der Waals surface area contributed by atoms with Gasteiger partial charge < -0.3 is 14.4 Å². The Morgan fingerprint density at radius 1 is 0.960 bits per heavy atom. The van der Waals surface area contributed by atoms with Gasteiger partial charge in [-0.15, -0.1) is 0 Å². The SMILES string of the molecule is Cc1cccc(N2CCN(C(=O)c3cn(C)c4ccccc34)CC2)c1. The summed E-state index contributed by atoms with van der Waals surface area (Å²) >= 11 is 0. The number of aryl methyl sites for hydroxylation is 2. The predicted octanol–water partition coefficient (Wildman–Crippen LogP) is 3.45. The van der Waals surface area contributed by atoms with Gasteiger partial charge in [0.15, 0.2) is 0 Å². The van der Waals surface area contributed by atoms with Gasteiger partial charge in [-0.25, -0.2) is 0 Å². The van der Waals surface area contributed by atoms with Crippen molar-refractivity contribution in [1.82, 2.24) is 9.47 Å². The van der Waals surface area contributed by atoms with Crippen LogP contribution in [0, 0.1) is 6.92 Å². The smallest absolute Gasteiger partial charge is 0.256 e. The first-order valence-corrected chi connectivity index (χ1v) is 8.78. The Morgan fingerprint density at radius 3 is 2.48 bits per heavy atom. The first-order valence-electron chi connectivity index (χ1n) is 8.78. The lowest BCUT2D eigenvalue weighted by atomic mass is 10.1. The summed E-state index contributed by atoms with van der Waals surface area (Å²) in [4.78, 5) is 17.4. The predicted molar refractivity (Wildman–Crippen MR) is 102 cm³/mol. The molecule has 1 fully saturated rings. The molecule has 4 heteroatoms. The van der Waals surface area contributed by atoms with Crippen LogP contribution in [0.4, 0.5) is 5.69 Å². The summed E-state index contributed by atoms with van der Waals surface area (Å²) in [5, 5.41) is 1.04. The molecule has 0 unspecified atom stereocenters. The van der Waals surface area contributed by atoms with E-state index < -0.39 is 0 Å². The number of fused-ring (bicyclic) bond motifs is 1. The maximum atomic E-state index is 13.0. The molecule has 1 amide bonds. The third-order valence-electron chi connectivity index (χ3n) is 5.06. The third-order valence-corrected chi connectivity index (χ3v) is 5.06. The van der Waals surface area contributed by atoms with E-state index in [1.54, 1.807) is 0 Å². The molecule has 128 valence electrons. The molecule has 4 nitrogen and oxygen atoms in total. The standard InChI is InChI=1S/C21H23N3O/c1-16-6-5-7-17(14-16)23-10-12-24(13-11-23)21(25)19-15-22(2)20-9-4-3-8-18(19)20/h3-9,14-15H,10-13H2,1-2H3. The Morgan fingerprint density at radius 2 is 1.72 bits per heavy atom. The number of hydrogen-bond donors (Lipinski definition) is 0. The number of amides is 1. The van der Waals surface area contributed by atoms with Crippen molar-refractivity contribution in [2.75, 3.05) is 31.1 Å². The maximum absolute atomic E-state index is 13.0. The van der Waals surface area contributed by atoms with Crippen molar-refractivity contribution in [3.63, 3.8) is 0 Å². The summed E-state index contributed by atoms with van der Waals surface area (Å²) in [6.45, 7) is 5.38. The summed E-state index contributed by atoms with van der Waals surface area (Å²) in [5.74, 6) is 0.140. The number of anilines is 1. The Hall–Kier alpha value is -2.75. The van der Waals surface area contributed by atoms with E-state index in [-0.39, 0.29) is 5.91 Å². The van der Waals surface area contributed by atoms with Crippen LogP contribution in [-0.4, -0.2) is 41.6 Å². The number of nitrogens with zero attached hydrogens (tertiary/aromatic N) is 3. The van der Waals surface area contributed by atoms with Gasteiger partial charge in [0.1, 0.15) is 0 Å². The van der Waals surface area contributed by atoms with Gasteiger partial charge in [0.25, 0.3) is 5.91 Å². The van der Waals surface area contributed by atoms with Crippen molar-refractivity contribution < 1.29 is 4.79 Å². The molecule has 3 aromatic rings. The zero-order valence-electron chi connectivity index (χ0n) is 14.8. The van der Waals surface area contributed by atoms with Crippen LogP contribution >= 0.6 is 0 Å². The van der Waals surface area contributed by atoms with E-state index in [2.05, 4.69) is 42.2 Å². The molecular formula is C21H23N3O. The van der Waals surface area contributed by atoms with E-state index in [9.17, 15) is 4.79 Å². The van der Waals surface area contributed by atoms with Gasteiger partial charge in [0.2, 0.25) is 0 Å². The first-order chi connectivity index (χ1) is 12.1. The minimum absolute atomic E-state index is 0.140. The molecule has 25 heavy (non-hydrogen) atoms. The topological polar surface area (TPSA) is 28.5 Å². The molecule has 0 saturated carbocycles. The number of hydrogen-bond acceptors (Lipinski definition) is 2. The minimum atomic E-state index is 0.140. The van der Waals surface area contributed by atoms with Gasteiger partial charge in [0.05, 0.1) is 5.56 Å². The fourth-order valence-electron chi connectivity index (χ4n) is 3.67. The van der Waals surface area contributed by atoms with Crippen molar-refractivity contribution >= 4 is 22.5 Å². The van der Waals surface area contributed by atoms with Crippen LogP contribution in [0.2, 0.25) is 0 Å². The highest BCUT2D eigenvalue weighted by atomic mass is 16.2. The molecule has 1 aliphatic rings. The molecular weight excluding hydrogens is 310 g/mol. The van der Waals surface area contributed by atoms with Crippen molar-refractivity contribution in [2.45, 2.75) is 6.92 Å². The molecule has 0 N–H and O–H groups in total. The molecule has 1 saturated heterocycles. The lowest BCUT2D eigenvalue weighted by Crippen LogP contribution is -2.48. The van der Waals surface area contributed by atoms with Gasteiger partial charge in [-0.2, -0.15) is 0 Å². The van der Waals surface area contributed by atoms with E-state index in [1.165, 1.54) is 11.3 Å². The highest BCUT2D eigenvalue weighted by Gasteiger charge is 2.24. The summed E-state index contributed by atoms with van der Waals surface area (Å²) in [7, 11) is 1.99. The van der Waals surface area contributed by atoms with Gasteiger partial charge >= 0.3 is 0 Å². The summed E-state index contributed by atoms with van der Waals surface area (Å²) in [5.41, 5.74) is 4.43. The molecule has 0 atom stereocenters. The van der Waals surface area contributed by atoms with Crippen molar-refractivity contribution in [3.8, 4) is 0 Å². The second-order valence-electron chi connectivity index (χ2n) is 6.79. The van der Waals surface area contributed by atoms with Crippen molar-refractivity contribution in [1.29, 1.82) is 0 Å². The molecule has 1 aromatic heterocycles. The molecule has 0 aliphatic carbocycles. The molecule has 0 radical (unpaired) electrons. The molecule has 2 aromatic carbocycles. The number of piperazine rings is 1. The average molecular weight is 333 g/mol. The van der Waals surface area contributed by atoms with Crippen LogP contribution in [0.5, 0.6) is 0 Å². The zero-order valence-corrected chi connectivity index (χ0v) is 14.8. The fourth-order valence-corrected chi connectivity index (χ4v) is 3.67. The largest absolute Gasteiger partial charge is 0.368 e. The third kappa shape index (κ3) is 2.88. The highest BCUT2D eigenvalue weighted by Crippen LogP contribution is 2.23. The van der Waals surface area contributed by atoms with E-state index in [1.807, 2.05) is 40.9 Å². The molecule has 0 spiro atoms. The lowest BCUT2D eigenvalue weighted by molar-refractivity contribution is 0.0748. The van der Waals surface area contributed by atoms with E-state index in [0.717, 1.165) is 42.6 Å².